The molecule has 1 aromatic heterocycles. The molecule has 39 heavy (non-hydrogen) atoms. The number of carbonyl (C=O) groups is 3. The van der Waals surface area contributed by atoms with Crippen molar-refractivity contribution in [2.24, 2.45) is 0 Å². The fraction of sp³-hybridized carbons (Fsp3) is 0.346. The quantitative estimate of drug-likeness (QED) is 0.353. The maximum Gasteiger partial charge on any atom is 0.419 e. The molecule has 1 heterocycles. The van der Waals surface area contributed by atoms with Crippen LogP contribution in [0.3, 0.4) is 0 Å². The van der Waals surface area contributed by atoms with Crippen LogP contribution in [0.25, 0.3) is 10.9 Å². The van der Waals surface area contributed by atoms with Crippen molar-refractivity contribution in [2.75, 3.05) is 11.3 Å². The molecule has 0 unspecified atom stereocenters. The van der Waals surface area contributed by atoms with Gasteiger partial charge in [0, 0.05) is 21.6 Å². The van der Waals surface area contributed by atoms with Crippen molar-refractivity contribution in [1.82, 2.24) is 9.88 Å². The fourth-order valence-corrected chi connectivity index (χ4v) is 5.23. The number of hydrogen-bond acceptors (Lipinski definition) is 7. The standard InChI is InChI=1S/C26H29Cl2N3O7S/c1-25(2,3)37-22(32)13-29-23(33)20-14-31(24(34)38-26(4,5)6)21-12-17(7-8-19(20)21)30-39(35,36)18-10-15(27)9-16(28)11-18/h7-12,14,30H,13H2,1-6H3,(H,29,33). The smallest absolute Gasteiger partial charge is 0.419 e. The highest BCUT2D eigenvalue weighted by Crippen LogP contribution is 2.29. The van der Waals surface area contributed by atoms with Crippen molar-refractivity contribution in [3.63, 3.8) is 0 Å². The van der Waals surface area contributed by atoms with Gasteiger partial charge in [-0.2, -0.15) is 0 Å². The highest BCUT2D eigenvalue weighted by atomic mass is 35.5. The van der Waals surface area contributed by atoms with Gasteiger partial charge in [-0.25, -0.2) is 13.2 Å². The van der Waals surface area contributed by atoms with E-state index in [0.29, 0.717) is 5.39 Å². The maximum atomic E-state index is 13.0. The van der Waals surface area contributed by atoms with Crippen LogP contribution in [0.15, 0.2) is 47.5 Å². The van der Waals surface area contributed by atoms with E-state index in [-0.39, 0.29) is 31.7 Å². The topological polar surface area (TPSA) is 133 Å². The predicted octanol–water partition coefficient (Wildman–Crippen LogP) is 5.60. The SMILES string of the molecule is CC(C)(C)OC(=O)CNC(=O)c1cn(C(=O)OC(C)(C)C)c2cc(NS(=O)(=O)c3cc(Cl)cc(Cl)c3)ccc12. The molecule has 0 atom stereocenters. The van der Waals surface area contributed by atoms with E-state index in [1.165, 1.54) is 42.6 Å². The number of aromatic nitrogens is 1. The van der Waals surface area contributed by atoms with E-state index in [2.05, 4.69) is 10.0 Å². The van der Waals surface area contributed by atoms with Crippen LogP contribution < -0.4 is 10.0 Å². The second kappa shape index (κ2) is 11.1. The number of fused-ring (bicyclic) bond motifs is 1. The summed E-state index contributed by atoms with van der Waals surface area (Å²) in [6, 6.07) is 8.16. The Morgan fingerprint density at radius 3 is 2.05 bits per heavy atom. The van der Waals surface area contributed by atoms with E-state index < -0.39 is 45.7 Å². The summed E-state index contributed by atoms with van der Waals surface area (Å²) < 4.78 is 40.1. The molecule has 0 aliphatic heterocycles. The first-order valence-corrected chi connectivity index (χ1v) is 14.0. The zero-order chi connectivity index (χ0) is 29.3. The van der Waals surface area contributed by atoms with E-state index >= 15 is 0 Å². The molecule has 0 saturated carbocycles. The molecule has 3 rings (SSSR count). The van der Waals surface area contributed by atoms with Crippen LogP contribution in [0.4, 0.5) is 10.5 Å². The molecule has 210 valence electrons. The average Bonchev–Trinajstić information content (AvgIpc) is 3.13. The number of sulfonamides is 1. The normalized spacial score (nSPS) is 12.2. The number of carbonyl (C=O) groups excluding carboxylic acids is 3. The lowest BCUT2D eigenvalue weighted by atomic mass is 10.1. The second-order valence-electron chi connectivity index (χ2n) is 10.6. The molecule has 0 radical (unpaired) electrons. The molecular formula is C26H29Cl2N3O7S. The molecule has 0 aliphatic rings. The van der Waals surface area contributed by atoms with Gasteiger partial charge in [-0.15, -0.1) is 0 Å². The van der Waals surface area contributed by atoms with Crippen LogP contribution >= 0.6 is 23.2 Å². The van der Waals surface area contributed by atoms with E-state index in [1.807, 2.05) is 0 Å². The number of nitrogens with zero attached hydrogens (tertiary/aromatic N) is 1. The van der Waals surface area contributed by atoms with Gasteiger partial charge in [-0.3, -0.25) is 18.9 Å². The summed E-state index contributed by atoms with van der Waals surface area (Å²) in [5, 5.41) is 3.08. The average molecular weight is 599 g/mol. The molecule has 0 spiro atoms. The summed E-state index contributed by atoms with van der Waals surface area (Å²) in [7, 11) is -4.11. The predicted molar refractivity (Wildman–Crippen MR) is 149 cm³/mol. The molecule has 13 heteroatoms. The van der Waals surface area contributed by atoms with Crippen molar-refractivity contribution >= 4 is 67.8 Å². The summed E-state index contributed by atoms with van der Waals surface area (Å²) >= 11 is 11.9. The van der Waals surface area contributed by atoms with Gasteiger partial charge >= 0.3 is 12.1 Å². The molecule has 3 aromatic rings. The second-order valence-corrected chi connectivity index (χ2v) is 13.2. The highest BCUT2D eigenvalue weighted by molar-refractivity contribution is 7.92. The Kier molecular flexibility index (Phi) is 8.59. The summed E-state index contributed by atoms with van der Waals surface area (Å²) in [5.41, 5.74) is -1.22. The number of amides is 1. The molecule has 0 saturated heterocycles. The molecule has 0 bridgehead atoms. The molecule has 0 aliphatic carbocycles. The van der Waals surface area contributed by atoms with Gasteiger partial charge in [-0.05, 0) is 77.9 Å². The van der Waals surface area contributed by atoms with Crippen molar-refractivity contribution < 1.29 is 32.3 Å². The summed E-state index contributed by atoms with van der Waals surface area (Å²) in [5.74, 6) is -1.28. The van der Waals surface area contributed by atoms with Crippen LogP contribution in [-0.4, -0.2) is 48.7 Å². The summed E-state index contributed by atoms with van der Waals surface area (Å²) in [4.78, 5) is 37.9. The third-order valence-electron chi connectivity index (χ3n) is 4.85. The van der Waals surface area contributed by atoms with Crippen molar-refractivity contribution in [1.29, 1.82) is 0 Å². The van der Waals surface area contributed by atoms with Crippen molar-refractivity contribution in [2.45, 2.75) is 57.6 Å². The summed E-state index contributed by atoms with van der Waals surface area (Å²) in [6.07, 6.45) is 0.471. The Balaban J connectivity index is 2.00. The Hall–Kier alpha value is -3.28. The minimum absolute atomic E-state index is 0.0652. The number of hydrogen-bond donors (Lipinski definition) is 2. The van der Waals surface area contributed by atoms with Gasteiger partial charge in [0.05, 0.1) is 21.7 Å². The third kappa shape index (κ3) is 8.11. The highest BCUT2D eigenvalue weighted by Gasteiger charge is 2.25. The number of halogens is 2. The van der Waals surface area contributed by atoms with Gasteiger partial charge < -0.3 is 14.8 Å². The largest absolute Gasteiger partial charge is 0.459 e. The fourth-order valence-electron chi connectivity index (χ4n) is 3.46. The van der Waals surface area contributed by atoms with Crippen LogP contribution in [-0.2, 0) is 24.3 Å². The number of ether oxygens (including phenoxy) is 2. The van der Waals surface area contributed by atoms with E-state index in [9.17, 15) is 22.8 Å². The Bertz CT molecular complexity index is 1530. The van der Waals surface area contributed by atoms with Gasteiger partial charge in [0.15, 0.2) is 0 Å². The molecular weight excluding hydrogens is 569 g/mol. The lowest BCUT2D eigenvalue weighted by molar-refractivity contribution is -0.153. The first-order chi connectivity index (χ1) is 17.8. The minimum atomic E-state index is -4.11. The van der Waals surface area contributed by atoms with Crippen molar-refractivity contribution in [3.8, 4) is 0 Å². The zero-order valence-electron chi connectivity index (χ0n) is 22.2. The lowest BCUT2D eigenvalue weighted by Gasteiger charge is -2.20. The first-order valence-electron chi connectivity index (χ1n) is 11.7. The zero-order valence-corrected chi connectivity index (χ0v) is 24.5. The van der Waals surface area contributed by atoms with Crippen LogP contribution in [0.1, 0.15) is 51.9 Å². The van der Waals surface area contributed by atoms with E-state index in [1.54, 1.807) is 41.5 Å². The maximum absolute atomic E-state index is 13.0. The number of esters is 1. The number of nitrogens with one attached hydrogen (secondary N) is 2. The summed E-state index contributed by atoms with van der Waals surface area (Å²) in [6.45, 7) is 9.76. The Morgan fingerprint density at radius 2 is 1.49 bits per heavy atom. The van der Waals surface area contributed by atoms with Crippen LogP contribution in [0.5, 0.6) is 0 Å². The minimum Gasteiger partial charge on any atom is -0.459 e. The van der Waals surface area contributed by atoms with Gasteiger partial charge in [0.25, 0.3) is 15.9 Å². The van der Waals surface area contributed by atoms with E-state index in [4.69, 9.17) is 32.7 Å². The number of rotatable bonds is 6. The van der Waals surface area contributed by atoms with Gasteiger partial charge in [-0.1, -0.05) is 23.2 Å². The monoisotopic (exact) mass is 597 g/mol. The number of benzene rings is 2. The van der Waals surface area contributed by atoms with Gasteiger partial charge in [0.1, 0.15) is 17.7 Å². The number of anilines is 1. The molecule has 2 aromatic carbocycles. The lowest BCUT2D eigenvalue weighted by Crippen LogP contribution is -2.34. The van der Waals surface area contributed by atoms with Gasteiger partial charge in [0.2, 0.25) is 0 Å². The van der Waals surface area contributed by atoms with Crippen LogP contribution in [0, 0.1) is 0 Å². The Labute approximate surface area is 236 Å². The molecule has 2 N–H and O–H groups in total. The Morgan fingerprint density at radius 1 is 0.897 bits per heavy atom. The van der Waals surface area contributed by atoms with Crippen LogP contribution in [0.2, 0.25) is 10.0 Å². The van der Waals surface area contributed by atoms with Crippen molar-refractivity contribution in [3.05, 3.63) is 58.2 Å². The first kappa shape index (κ1) is 30.3. The molecule has 1 amide bonds. The third-order valence-corrected chi connectivity index (χ3v) is 6.65. The molecule has 0 fully saturated rings. The molecule has 10 nitrogen and oxygen atoms in total. The van der Waals surface area contributed by atoms with E-state index in [0.717, 1.165) is 4.57 Å².